The lowest BCUT2D eigenvalue weighted by atomic mass is 10.1. The summed E-state index contributed by atoms with van der Waals surface area (Å²) in [5.41, 5.74) is 2.30. The molecule has 0 atom stereocenters. The Morgan fingerprint density at radius 2 is 2.13 bits per heavy atom. The largest absolute Gasteiger partial charge is 0.508 e. The lowest BCUT2D eigenvalue weighted by Crippen LogP contribution is -2.03. The summed E-state index contributed by atoms with van der Waals surface area (Å²) in [5, 5.41) is 0. The fourth-order valence-electron chi connectivity index (χ4n) is 1.12. The summed E-state index contributed by atoms with van der Waals surface area (Å²) in [7, 11) is 1.29. The molecule has 0 aliphatic carbocycles. The van der Waals surface area contributed by atoms with Crippen molar-refractivity contribution in [3.63, 3.8) is 0 Å². The molecule has 1 rings (SSSR count). The molecule has 0 spiro atoms. The van der Waals surface area contributed by atoms with E-state index in [1.165, 1.54) is 12.7 Å². The van der Waals surface area contributed by atoms with E-state index < -0.39 is 6.16 Å². The van der Waals surface area contributed by atoms with Crippen LogP contribution in [0.5, 0.6) is 0 Å². The topological polar surface area (TPSA) is 35.5 Å². The van der Waals surface area contributed by atoms with Crippen LogP contribution in [0.1, 0.15) is 11.1 Å². The Hall–Kier alpha value is -1.77. The highest BCUT2D eigenvalue weighted by molar-refractivity contribution is 5.60. The molecule has 0 aromatic heterocycles. The van der Waals surface area contributed by atoms with Crippen LogP contribution in [0.4, 0.5) is 4.79 Å². The van der Waals surface area contributed by atoms with Crippen molar-refractivity contribution in [3.05, 3.63) is 41.5 Å². The van der Waals surface area contributed by atoms with Gasteiger partial charge < -0.3 is 9.47 Å². The van der Waals surface area contributed by atoms with Crippen molar-refractivity contribution in [2.75, 3.05) is 13.7 Å². The Kier molecular flexibility index (Phi) is 4.41. The second kappa shape index (κ2) is 5.86. The minimum Gasteiger partial charge on any atom is -0.438 e. The molecule has 0 saturated heterocycles. The highest BCUT2D eigenvalue weighted by Gasteiger charge is 1.96. The van der Waals surface area contributed by atoms with E-state index in [-0.39, 0.29) is 6.61 Å². The van der Waals surface area contributed by atoms with Crippen molar-refractivity contribution >= 4 is 12.2 Å². The van der Waals surface area contributed by atoms with Gasteiger partial charge in [0.1, 0.15) is 6.61 Å². The van der Waals surface area contributed by atoms with Crippen molar-refractivity contribution in [1.29, 1.82) is 0 Å². The summed E-state index contributed by atoms with van der Waals surface area (Å²) in [6.45, 7) is 2.25. The third-order valence-electron chi connectivity index (χ3n) is 1.95. The molecule has 0 fully saturated rings. The lowest BCUT2D eigenvalue weighted by Gasteiger charge is -1.99. The number of hydrogen-bond acceptors (Lipinski definition) is 3. The lowest BCUT2D eigenvalue weighted by molar-refractivity contribution is 0.0819. The van der Waals surface area contributed by atoms with Gasteiger partial charge in [-0.3, -0.25) is 0 Å². The highest BCUT2D eigenvalue weighted by Crippen LogP contribution is 2.08. The first-order valence-corrected chi connectivity index (χ1v) is 4.67. The van der Waals surface area contributed by atoms with Gasteiger partial charge in [0.15, 0.2) is 0 Å². The van der Waals surface area contributed by atoms with Gasteiger partial charge in [-0.25, -0.2) is 4.79 Å². The minimum absolute atomic E-state index is 0.223. The smallest absolute Gasteiger partial charge is 0.438 e. The fourth-order valence-corrected chi connectivity index (χ4v) is 1.12. The number of hydrogen-bond donors (Lipinski definition) is 0. The molecule has 0 aliphatic rings. The van der Waals surface area contributed by atoms with E-state index >= 15 is 0 Å². The third kappa shape index (κ3) is 3.85. The van der Waals surface area contributed by atoms with Crippen LogP contribution < -0.4 is 0 Å². The van der Waals surface area contributed by atoms with E-state index in [2.05, 4.69) is 4.74 Å². The zero-order valence-corrected chi connectivity index (χ0v) is 8.90. The molecule has 0 aliphatic heterocycles. The molecule has 0 amide bonds. The maximum atomic E-state index is 10.6. The van der Waals surface area contributed by atoms with Gasteiger partial charge in [0.05, 0.1) is 7.11 Å². The zero-order chi connectivity index (χ0) is 11.1. The number of aryl methyl sites for hydroxylation is 1. The van der Waals surface area contributed by atoms with Crippen LogP contribution >= 0.6 is 0 Å². The van der Waals surface area contributed by atoms with Gasteiger partial charge in [-0.05, 0) is 24.1 Å². The molecule has 0 saturated carbocycles. The Labute approximate surface area is 89.3 Å². The second-order valence-corrected chi connectivity index (χ2v) is 3.02. The highest BCUT2D eigenvalue weighted by atomic mass is 16.7. The van der Waals surface area contributed by atoms with E-state index in [1.54, 1.807) is 6.08 Å². The number of carbonyl (C=O) groups is 1. The summed E-state index contributed by atoms with van der Waals surface area (Å²) >= 11 is 0. The molecule has 1 aromatic rings. The molecule has 0 heterocycles. The van der Waals surface area contributed by atoms with Crippen LogP contribution in [0, 0.1) is 6.92 Å². The first-order valence-electron chi connectivity index (χ1n) is 4.67. The summed E-state index contributed by atoms with van der Waals surface area (Å²) < 4.78 is 9.04. The van der Waals surface area contributed by atoms with Crippen molar-refractivity contribution in [3.8, 4) is 0 Å². The van der Waals surface area contributed by atoms with Crippen LogP contribution in [-0.2, 0) is 9.47 Å². The molecular formula is C12H14O3. The van der Waals surface area contributed by atoms with E-state index in [9.17, 15) is 4.79 Å². The van der Waals surface area contributed by atoms with E-state index in [0.29, 0.717) is 0 Å². The van der Waals surface area contributed by atoms with Crippen LogP contribution in [0.25, 0.3) is 6.08 Å². The van der Waals surface area contributed by atoms with Crippen molar-refractivity contribution in [1.82, 2.24) is 0 Å². The Bertz CT molecular complexity index is 356. The number of carbonyl (C=O) groups excluding carboxylic acids is 1. The molecule has 3 nitrogen and oxygen atoms in total. The normalized spacial score (nSPS) is 10.3. The molecule has 80 valence electrons. The van der Waals surface area contributed by atoms with Crippen LogP contribution in [0.3, 0.4) is 0 Å². The Morgan fingerprint density at radius 1 is 1.40 bits per heavy atom. The van der Waals surface area contributed by atoms with Crippen LogP contribution in [-0.4, -0.2) is 19.9 Å². The maximum Gasteiger partial charge on any atom is 0.508 e. The molecule has 0 bridgehead atoms. The minimum atomic E-state index is -0.663. The van der Waals surface area contributed by atoms with Crippen molar-refractivity contribution in [2.24, 2.45) is 0 Å². The number of methoxy groups -OCH3 is 1. The first-order chi connectivity index (χ1) is 7.24. The van der Waals surface area contributed by atoms with Crippen molar-refractivity contribution < 1.29 is 14.3 Å². The van der Waals surface area contributed by atoms with E-state index in [1.807, 2.05) is 37.3 Å². The SMILES string of the molecule is COC(=O)OCC=Cc1ccccc1C. The maximum absolute atomic E-state index is 10.6. The zero-order valence-electron chi connectivity index (χ0n) is 8.90. The second-order valence-electron chi connectivity index (χ2n) is 3.02. The average Bonchev–Trinajstić information content (AvgIpc) is 2.26. The molecule has 15 heavy (non-hydrogen) atoms. The monoisotopic (exact) mass is 206 g/mol. The quantitative estimate of drug-likeness (QED) is 0.713. The van der Waals surface area contributed by atoms with Crippen LogP contribution in [0.2, 0.25) is 0 Å². The Balaban J connectivity index is 2.45. The summed E-state index contributed by atoms with van der Waals surface area (Å²) in [4.78, 5) is 10.6. The van der Waals surface area contributed by atoms with Gasteiger partial charge in [-0.2, -0.15) is 0 Å². The first kappa shape index (κ1) is 11.3. The number of ether oxygens (including phenoxy) is 2. The van der Waals surface area contributed by atoms with Gasteiger partial charge in [-0.1, -0.05) is 30.3 Å². The summed E-state index contributed by atoms with van der Waals surface area (Å²) in [6.07, 6.45) is 3.03. The van der Waals surface area contributed by atoms with Gasteiger partial charge in [-0.15, -0.1) is 0 Å². The van der Waals surface area contributed by atoms with Gasteiger partial charge in [0.2, 0.25) is 0 Å². The predicted molar refractivity (Wildman–Crippen MR) is 58.6 cm³/mol. The van der Waals surface area contributed by atoms with Gasteiger partial charge in [0.25, 0.3) is 0 Å². The van der Waals surface area contributed by atoms with E-state index in [0.717, 1.165) is 5.56 Å². The molecule has 1 aromatic carbocycles. The standard InChI is InChI=1S/C12H14O3/c1-10-6-3-4-7-11(10)8-5-9-15-12(13)14-2/h3-8H,9H2,1-2H3. The molecule has 0 N–H and O–H groups in total. The predicted octanol–water partition coefficient (Wildman–Crippen LogP) is 2.79. The van der Waals surface area contributed by atoms with Gasteiger partial charge >= 0.3 is 6.16 Å². The number of rotatable bonds is 3. The Morgan fingerprint density at radius 3 is 2.80 bits per heavy atom. The number of benzene rings is 1. The van der Waals surface area contributed by atoms with Crippen LogP contribution in [0.15, 0.2) is 30.3 Å². The average molecular weight is 206 g/mol. The van der Waals surface area contributed by atoms with Crippen molar-refractivity contribution in [2.45, 2.75) is 6.92 Å². The third-order valence-corrected chi connectivity index (χ3v) is 1.95. The van der Waals surface area contributed by atoms with Gasteiger partial charge in [0, 0.05) is 0 Å². The summed E-state index contributed by atoms with van der Waals surface area (Å²) in [6, 6.07) is 7.98. The fraction of sp³-hybridized carbons (Fsp3) is 0.250. The summed E-state index contributed by atoms with van der Waals surface area (Å²) in [5.74, 6) is 0. The molecule has 0 unspecified atom stereocenters. The molecule has 0 radical (unpaired) electrons. The van der Waals surface area contributed by atoms with E-state index in [4.69, 9.17) is 4.74 Å². The molecular weight excluding hydrogens is 192 g/mol. The molecule has 3 heteroatoms.